The second-order valence-corrected chi connectivity index (χ2v) is 5.03. The van der Waals surface area contributed by atoms with Gasteiger partial charge in [-0.25, -0.2) is 0 Å². The second-order valence-electron chi connectivity index (χ2n) is 5.03. The lowest BCUT2D eigenvalue weighted by molar-refractivity contribution is 0.497. The summed E-state index contributed by atoms with van der Waals surface area (Å²) in [7, 11) is 1.97. The van der Waals surface area contributed by atoms with Gasteiger partial charge in [-0.2, -0.15) is 0 Å². The maximum atomic E-state index is 5.68. The van der Waals surface area contributed by atoms with Crippen molar-refractivity contribution in [1.29, 1.82) is 0 Å². The number of benzene rings is 1. The lowest BCUT2D eigenvalue weighted by Crippen LogP contribution is -2.18. The van der Waals surface area contributed by atoms with E-state index in [2.05, 4.69) is 34.6 Å². The number of fused-ring (bicyclic) bond motifs is 1. The van der Waals surface area contributed by atoms with Crippen molar-refractivity contribution in [2.45, 2.75) is 19.9 Å². The van der Waals surface area contributed by atoms with Gasteiger partial charge in [0.1, 0.15) is 11.5 Å². The number of aryl methyl sites for hydroxylation is 2. The van der Waals surface area contributed by atoms with Gasteiger partial charge in [-0.15, -0.1) is 0 Å². The summed E-state index contributed by atoms with van der Waals surface area (Å²) in [6.07, 6.45) is 3.75. The van der Waals surface area contributed by atoms with E-state index >= 15 is 0 Å². The molecule has 0 spiro atoms. The number of nitrogens with one attached hydrogen (secondary N) is 1. The first-order valence-corrected chi connectivity index (χ1v) is 6.77. The molecule has 102 valence electrons. The Morgan fingerprint density at radius 2 is 2.00 bits per heavy atom. The highest BCUT2D eigenvalue weighted by atomic mass is 16.3. The van der Waals surface area contributed by atoms with Crippen molar-refractivity contribution in [3.05, 3.63) is 65.4 Å². The van der Waals surface area contributed by atoms with Gasteiger partial charge in [0.25, 0.3) is 0 Å². The molecule has 0 amide bonds. The molecule has 3 heteroatoms. The third-order valence-electron chi connectivity index (χ3n) is 3.71. The number of rotatable bonds is 3. The van der Waals surface area contributed by atoms with Crippen LogP contribution in [0.15, 0.2) is 47.1 Å². The van der Waals surface area contributed by atoms with Crippen LogP contribution in [0, 0.1) is 13.8 Å². The average Bonchev–Trinajstić information content (AvgIpc) is 2.79. The topological polar surface area (TPSA) is 38.1 Å². The Bertz CT molecular complexity index is 740. The van der Waals surface area contributed by atoms with Crippen molar-refractivity contribution in [1.82, 2.24) is 10.3 Å². The molecule has 1 unspecified atom stereocenters. The number of hydrogen-bond acceptors (Lipinski definition) is 3. The van der Waals surface area contributed by atoms with Crippen LogP contribution in [0.5, 0.6) is 0 Å². The Balaban J connectivity index is 2.19. The van der Waals surface area contributed by atoms with Gasteiger partial charge in [0.05, 0.1) is 6.04 Å². The third-order valence-corrected chi connectivity index (χ3v) is 3.71. The molecule has 0 aliphatic heterocycles. The molecule has 1 atom stereocenters. The molecule has 3 aromatic rings. The van der Waals surface area contributed by atoms with Gasteiger partial charge in [0.15, 0.2) is 0 Å². The summed E-state index contributed by atoms with van der Waals surface area (Å²) in [6, 6.07) is 10.6. The summed E-state index contributed by atoms with van der Waals surface area (Å²) in [5.41, 5.74) is 2.41. The van der Waals surface area contributed by atoms with E-state index in [4.69, 9.17) is 4.42 Å². The van der Waals surface area contributed by atoms with Gasteiger partial charge in [0, 0.05) is 23.3 Å². The molecule has 0 radical (unpaired) electrons. The summed E-state index contributed by atoms with van der Waals surface area (Å²) in [5.74, 6) is 1.90. The first-order chi connectivity index (χ1) is 9.70. The van der Waals surface area contributed by atoms with E-state index < -0.39 is 0 Å². The number of nitrogens with zero attached hydrogens (tertiary/aromatic N) is 1. The van der Waals surface area contributed by atoms with Crippen LogP contribution >= 0.6 is 0 Å². The Labute approximate surface area is 118 Å². The molecule has 0 saturated heterocycles. The Morgan fingerprint density at radius 3 is 2.70 bits per heavy atom. The van der Waals surface area contributed by atoms with Crippen molar-refractivity contribution in [2.24, 2.45) is 0 Å². The predicted octanol–water partition coefficient (Wildman–Crippen LogP) is 3.75. The largest absolute Gasteiger partial charge is 0.466 e. The van der Waals surface area contributed by atoms with Gasteiger partial charge in [-0.3, -0.25) is 4.98 Å². The quantitative estimate of drug-likeness (QED) is 0.784. The van der Waals surface area contributed by atoms with Crippen molar-refractivity contribution in [2.75, 3.05) is 7.05 Å². The predicted molar refractivity (Wildman–Crippen MR) is 80.8 cm³/mol. The van der Waals surface area contributed by atoms with Gasteiger partial charge in [-0.05, 0) is 44.0 Å². The van der Waals surface area contributed by atoms with Crippen LogP contribution in [-0.4, -0.2) is 12.0 Å². The molecule has 3 nitrogen and oxygen atoms in total. The molecular formula is C17H18N2O. The molecule has 0 fully saturated rings. The summed E-state index contributed by atoms with van der Waals surface area (Å²) >= 11 is 0. The molecule has 0 aliphatic rings. The fraction of sp³-hybridized carbons (Fsp3) is 0.235. The van der Waals surface area contributed by atoms with Gasteiger partial charge in [-0.1, -0.05) is 18.2 Å². The van der Waals surface area contributed by atoms with Crippen LogP contribution in [0.3, 0.4) is 0 Å². The number of hydrogen-bond donors (Lipinski definition) is 1. The molecule has 1 aromatic carbocycles. The first kappa shape index (κ1) is 12.9. The normalized spacial score (nSPS) is 12.8. The molecule has 3 rings (SSSR count). The van der Waals surface area contributed by atoms with E-state index in [1.807, 2.05) is 39.4 Å². The standard InChI is InChI=1S/C17H18N2O/c1-11-9-15(12(2)20-11)17(18-3)14-6-4-5-13-7-8-19-10-16(13)14/h4-10,17-18H,1-3H3. The fourth-order valence-corrected chi connectivity index (χ4v) is 2.80. The number of pyridine rings is 1. The monoisotopic (exact) mass is 266 g/mol. The van der Waals surface area contributed by atoms with E-state index in [0.29, 0.717) is 0 Å². The smallest absolute Gasteiger partial charge is 0.106 e. The average molecular weight is 266 g/mol. The molecule has 1 N–H and O–H groups in total. The van der Waals surface area contributed by atoms with Crippen LogP contribution in [-0.2, 0) is 0 Å². The maximum Gasteiger partial charge on any atom is 0.106 e. The first-order valence-electron chi connectivity index (χ1n) is 6.77. The van der Waals surface area contributed by atoms with Crippen molar-refractivity contribution >= 4 is 10.8 Å². The van der Waals surface area contributed by atoms with E-state index in [0.717, 1.165) is 11.5 Å². The van der Waals surface area contributed by atoms with E-state index in [1.54, 1.807) is 0 Å². The van der Waals surface area contributed by atoms with Crippen molar-refractivity contribution in [3.63, 3.8) is 0 Å². The molecule has 20 heavy (non-hydrogen) atoms. The number of furan rings is 1. The number of aromatic nitrogens is 1. The zero-order valence-electron chi connectivity index (χ0n) is 12.0. The highest BCUT2D eigenvalue weighted by molar-refractivity contribution is 5.85. The van der Waals surface area contributed by atoms with Gasteiger partial charge in [0.2, 0.25) is 0 Å². The van der Waals surface area contributed by atoms with Gasteiger partial charge < -0.3 is 9.73 Å². The molecule has 2 heterocycles. The molecule has 0 aliphatic carbocycles. The summed E-state index contributed by atoms with van der Waals surface area (Å²) in [6.45, 7) is 3.99. The molecule has 0 saturated carbocycles. The maximum absolute atomic E-state index is 5.68. The van der Waals surface area contributed by atoms with Crippen LogP contribution < -0.4 is 5.32 Å². The molecule has 0 bridgehead atoms. The van der Waals surface area contributed by atoms with E-state index in [-0.39, 0.29) is 6.04 Å². The SMILES string of the molecule is CNC(c1cc(C)oc1C)c1cccc2ccncc12. The van der Waals surface area contributed by atoms with Crippen molar-refractivity contribution < 1.29 is 4.42 Å². The minimum atomic E-state index is 0.111. The van der Waals surface area contributed by atoms with Crippen LogP contribution in [0.1, 0.15) is 28.7 Å². The zero-order chi connectivity index (χ0) is 14.1. The lowest BCUT2D eigenvalue weighted by atomic mass is 9.95. The fourth-order valence-electron chi connectivity index (χ4n) is 2.80. The molecule has 2 aromatic heterocycles. The molecular weight excluding hydrogens is 248 g/mol. The Kier molecular flexibility index (Phi) is 3.28. The minimum absolute atomic E-state index is 0.111. The highest BCUT2D eigenvalue weighted by Crippen LogP contribution is 2.31. The van der Waals surface area contributed by atoms with Crippen LogP contribution in [0.4, 0.5) is 0 Å². The second kappa shape index (κ2) is 5.10. The summed E-state index contributed by atoms with van der Waals surface area (Å²) in [5, 5.41) is 5.77. The third kappa shape index (κ3) is 2.10. The van der Waals surface area contributed by atoms with E-state index in [1.165, 1.54) is 21.9 Å². The summed E-state index contributed by atoms with van der Waals surface area (Å²) < 4.78 is 5.68. The highest BCUT2D eigenvalue weighted by Gasteiger charge is 2.19. The van der Waals surface area contributed by atoms with Gasteiger partial charge >= 0.3 is 0 Å². The Hall–Kier alpha value is -2.13. The van der Waals surface area contributed by atoms with Crippen LogP contribution in [0.25, 0.3) is 10.8 Å². The van der Waals surface area contributed by atoms with Crippen molar-refractivity contribution in [3.8, 4) is 0 Å². The summed E-state index contributed by atoms with van der Waals surface area (Å²) in [4.78, 5) is 4.26. The van der Waals surface area contributed by atoms with E-state index in [9.17, 15) is 0 Å². The minimum Gasteiger partial charge on any atom is -0.466 e. The van der Waals surface area contributed by atoms with Crippen LogP contribution in [0.2, 0.25) is 0 Å². The lowest BCUT2D eigenvalue weighted by Gasteiger charge is -2.18. The zero-order valence-corrected chi connectivity index (χ0v) is 12.0. The Morgan fingerprint density at radius 1 is 1.15 bits per heavy atom.